The van der Waals surface area contributed by atoms with Crippen LogP contribution in [0, 0.1) is 12.7 Å². The van der Waals surface area contributed by atoms with E-state index in [9.17, 15) is 9.18 Å². The van der Waals surface area contributed by atoms with Crippen molar-refractivity contribution in [3.8, 4) is 0 Å². The lowest BCUT2D eigenvalue weighted by atomic mass is 10.2. The second-order valence-electron chi connectivity index (χ2n) is 6.27. The minimum absolute atomic E-state index is 0.0819. The minimum atomic E-state index is -0.318. The molecule has 4 nitrogen and oxygen atoms in total. The van der Waals surface area contributed by atoms with Crippen LogP contribution in [0.3, 0.4) is 0 Å². The Morgan fingerprint density at radius 3 is 2.79 bits per heavy atom. The van der Waals surface area contributed by atoms with Crippen molar-refractivity contribution in [2.24, 2.45) is 0 Å². The molecule has 28 heavy (non-hydrogen) atoms. The number of amides is 1. The minimum Gasteiger partial charge on any atom is -0.467 e. The van der Waals surface area contributed by atoms with Crippen LogP contribution in [0.4, 0.5) is 9.52 Å². The van der Waals surface area contributed by atoms with Gasteiger partial charge in [0, 0.05) is 4.90 Å². The van der Waals surface area contributed by atoms with Crippen molar-refractivity contribution in [2.45, 2.75) is 18.4 Å². The molecule has 7 heteroatoms. The number of fused-ring (bicyclic) bond motifs is 1. The maximum atomic E-state index is 13.5. The van der Waals surface area contributed by atoms with Crippen molar-refractivity contribution < 1.29 is 13.6 Å². The van der Waals surface area contributed by atoms with E-state index < -0.39 is 0 Å². The molecular formula is C21H17FN2O2S2. The third-order valence-electron chi connectivity index (χ3n) is 4.15. The molecule has 0 N–H and O–H groups in total. The third kappa shape index (κ3) is 4.26. The summed E-state index contributed by atoms with van der Waals surface area (Å²) < 4.78 is 19.7. The van der Waals surface area contributed by atoms with Gasteiger partial charge in [-0.25, -0.2) is 9.37 Å². The molecule has 2 aromatic heterocycles. The van der Waals surface area contributed by atoms with Crippen molar-refractivity contribution in [1.82, 2.24) is 4.98 Å². The predicted octanol–water partition coefficient (Wildman–Crippen LogP) is 5.66. The fraction of sp³-hybridized carbons (Fsp3) is 0.143. The Hall–Kier alpha value is -2.64. The normalized spacial score (nSPS) is 11.1. The zero-order valence-corrected chi connectivity index (χ0v) is 16.7. The molecule has 142 valence electrons. The number of benzene rings is 2. The van der Waals surface area contributed by atoms with Gasteiger partial charge in [-0.2, -0.15) is 0 Å². The molecule has 4 rings (SSSR count). The van der Waals surface area contributed by atoms with Gasteiger partial charge in [0.2, 0.25) is 5.91 Å². The van der Waals surface area contributed by atoms with E-state index in [0.29, 0.717) is 21.1 Å². The average Bonchev–Trinajstić information content (AvgIpc) is 3.34. The molecule has 0 atom stereocenters. The van der Waals surface area contributed by atoms with Gasteiger partial charge in [-0.3, -0.25) is 9.69 Å². The zero-order chi connectivity index (χ0) is 19.5. The molecule has 1 amide bonds. The summed E-state index contributed by atoms with van der Waals surface area (Å²) in [6.45, 7) is 2.31. The first kappa shape index (κ1) is 18.7. The van der Waals surface area contributed by atoms with Crippen molar-refractivity contribution in [3.63, 3.8) is 0 Å². The summed E-state index contributed by atoms with van der Waals surface area (Å²) >= 11 is 2.77. The van der Waals surface area contributed by atoms with E-state index in [0.717, 1.165) is 4.90 Å². The number of thiazole rings is 1. The Balaban J connectivity index is 1.58. The smallest absolute Gasteiger partial charge is 0.239 e. The van der Waals surface area contributed by atoms with E-state index >= 15 is 0 Å². The standard InChI is InChI=1S/C21H17FN2O2S2/c1-14-4-7-17(8-5-14)27-13-20(25)24(12-16-3-2-10-26-16)21-23-18-9-6-15(22)11-19(18)28-21/h2-11H,12-13H2,1H3. The van der Waals surface area contributed by atoms with Crippen LogP contribution >= 0.6 is 23.1 Å². The number of anilines is 1. The van der Waals surface area contributed by atoms with Crippen molar-refractivity contribution >= 4 is 44.4 Å². The van der Waals surface area contributed by atoms with Crippen LogP contribution in [-0.2, 0) is 11.3 Å². The highest BCUT2D eigenvalue weighted by Crippen LogP contribution is 2.31. The summed E-state index contributed by atoms with van der Waals surface area (Å²) in [7, 11) is 0. The molecule has 0 fully saturated rings. The number of nitrogens with zero attached hydrogens (tertiary/aromatic N) is 2. The SMILES string of the molecule is Cc1ccc(SCC(=O)N(Cc2ccco2)c2nc3ccc(F)cc3s2)cc1. The molecule has 0 saturated heterocycles. The largest absolute Gasteiger partial charge is 0.467 e. The number of aromatic nitrogens is 1. The first-order valence-corrected chi connectivity index (χ1v) is 10.5. The van der Waals surface area contributed by atoms with Crippen molar-refractivity contribution in [1.29, 1.82) is 0 Å². The van der Waals surface area contributed by atoms with Gasteiger partial charge in [0.05, 0.1) is 28.8 Å². The molecule has 4 aromatic rings. The van der Waals surface area contributed by atoms with Crippen molar-refractivity contribution in [3.05, 3.63) is 78.0 Å². The summed E-state index contributed by atoms with van der Waals surface area (Å²) in [5.74, 6) is 0.538. The molecular weight excluding hydrogens is 395 g/mol. The van der Waals surface area contributed by atoms with Crippen LogP contribution in [0.2, 0.25) is 0 Å². The van der Waals surface area contributed by atoms with Gasteiger partial charge in [-0.15, -0.1) is 11.8 Å². The van der Waals surface area contributed by atoms with Gasteiger partial charge >= 0.3 is 0 Å². The number of hydrogen-bond acceptors (Lipinski definition) is 5. The number of hydrogen-bond donors (Lipinski definition) is 0. The van der Waals surface area contributed by atoms with Crippen LogP contribution in [0.15, 0.2) is 70.2 Å². The average molecular weight is 413 g/mol. The highest BCUT2D eigenvalue weighted by atomic mass is 32.2. The first-order valence-electron chi connectivity index (χ1n) is 8.67. The lowest BCUT2D eigenvalue weighted by molar-refractivity contribution is -0.116. The number of furan rings is 1. The second kappa shape index (κ2) is 8.16. The number of thioether (sulfide) groups is 1. The van der Waals surface area contributed by atoms with Gasteiger partial charge in [0.15, 0.2) is 5.13 Å². The Morgan fingerprint density at radius 1 is 1.21 bits per heavy atom. The quantitative estimate of drug-likeness (QED) is 0.383. The zero-order valence-electron chi connectivity index (χ0n) is 15.1. The summed E-state index contributed by atoms with van der Waals surface area (Å²) in [4.78, 5) is 20.2. The maximum absolute atomic E-state index is 13.5. The van der Waals surface area contributed by atoms with Gasteiger partial charge in [0.1, 0.15) is 11.6 Å². The Bertz CT molecular complexity index is 1090. The van der Waals surface area contributed by atoms with Crippen LogP contribution in [0.1, 0.15) is 11.3 Å². The van der Waals surface area contributed by atoms with Crippen molar-refractivity contribution in [2.75, 3.05) is 10.7 Å². The van der Waals surface area contributed by atoms with Gasteiger partial charge in [0.25, 0.3) is 0 Å². The molecule has 0 spiro atoms. The second-order valence-corrected chi connectivity index (χ2v) is 8.33. The molecule has 0 saturated carbocycles. The number of carbonyl (C=O) groups excluding carboxylic acids is 1. The Morgan fingerprint density at radius 2 is 2.04 bits per heavy atom. The molecule has 2 aromatic carbocycles. The lowest BCUT2D eigenvalue weighted by Gasteiger charge is -2.18. The maximum Gasteiger partial charge on any atom is 0.239 e. The fourth-order valence-corrected chi connectivity index (χ4v) is 4.46. The van der Waals surface area contributed by atoms with Crippen LogP contribution in [-0.4, -0.2) is 16.6 Å². The van der Waals surface area contributed by atoms with E-state index in [1.807, 2.05) is 37.3 Å². The fourth-order valence-electron chi connectivity index (χ4n) is 2.68. The Labute approximate surface area is 170 Å². The van der Waals surface area contributed by atoms with E-state index in [2.05, 4.69) is 4.98 Å². The summed E-state index contributed by atoms with van der Waals surface area (Å²) in [6, 6.07) is 16.1. The molecule has 0 aliphatic heterocycles. The van der Waals surface area contributed by atoms with Crippen LogP contribution in [0.25, 0.3) is 10.2 Å². The van der Waals surface area contributed by atoms with Gasteiger partial charge < -0.3 is 4.42 Å². The molecule has 0 bridgehead atoms. The van der Waals surface area contributed by atoms with Gasteiger partial charge in [-0.05, 0) is 49.4 Å². The van der Waals surface area contributed by atoms with Crippen LogP contribution < -0.4 is 4.90 Å². The highest BCUT2D eigenvalue weighted by Gasteiger charge is 2.21. The topological polar surface area (TPSA) is 46.3 Å². The van der Waals surface area contributed by atoms with E-state index in [4.69, 9.17) is 4.42 Å². The number of rotatable bonds is 6. The Kier molecular flexibility index (Phi) is 5.45. The number of aryl methyl sites for hydroxylation is 1. The molecule has 0 radical (unpaired) electrons. The summed E-state index contributed by atoms with van der Waals surface area (Å²) in [6.07, 6.45) is 1.58. The third-order valence-corrected chi connectivity index (χ3v) is 6.19. The molecule has 0 aliphatic carbocycles. The van der Waals surface area contributed by atoms with Gasteiger partial charge in [-0.1, -0.05) is 29.0 Å². The predicted molar refractivity (Wildman–Crippen MR) is 111 cm³/mol. The van der Waals surface area contributed by atoms with E-state index in [1.165, 1.54) is 40.8 Å². The molecule has 0 aliphatic rings. The summed E-state index contributed by atoms with van der Waals surface area (Å²) in [5, 5.41) is 0.534. The highest BCUT2D eigenvalue weighted by molar-refractivity contribution is 8.00. The van der Waals surface area contributed by atoms with E-state index in [1.54, 1.807) is 23.3 Å². The lowest BCUT2D eigenvalue weighted by Crippen LogP contribution is -2.31. The van der Waals surface area contributed by atoms with Crippen LogP contribution in [0.5, 0.6) is 0 Å². The molecule has 2 heterocycles. The summed E-state index contributed by atoms with van der Waals surface area (Å²) in [5.41, 5.74) is 1.85. The van der Waals surface area contributed by atoms with E-state index in [-0.39, 0.29) is 24.0 Å². The number of halogens is 1. The monoisotopic (exact) mass is 412 g/mol. The first-order chi connectivity index (χ1) is 13.6. The molecule has 0 unspecified atom stereocenters. The number of carbonyl (C=O) groups is 1.